The van der Waals surface area contributed by atoms with Gasteiger partial charge in [0, 0.05) is 6.07 Å². The molecule has 0 unspecified atom stereocenters. The number of nitrogens with zero attached hydrogens (tertiary/aromatic N) is 1. The number of hydrogen-bond acceptors (Lipinski definition) is 6. The van der Waals surface area contributed by atoms with E-state index in [1.807, 2.05) is 38.1 Å². The summed E-state index contributed by atoms with van der Waals surface area (Å²) in [6.45, 7) is 5.62. The molecule has 0 aliphatic carbocycles. The second-order valence-corrected chi connectivity index (χ2v) is 7.42. The molecule has 2 rings (SSSR count). The van der Waals surface area contributed by atoms with Crippen LogP contribution in [-0.2, 0) is 16.0 Å². The predicted octanol–water partition coefficient (Wildman–Crippen LogP) is 3.89. The molecule has 1 N–H and O–H groups in total. The van der Waals surface area contributed by atoms with Crippen LogP contribution in [0.5, 0.6) is 0 Å². The van der Waals surface area contributed by atoms with E-state index in [-0.39, 0.29) is 21.8 Å². The number of ether oxygens (including phenoxy) is 1. The van der Waals surface area contributed by atoms with Gasteiger partial charge in [-0.05, 0) is 29.5 Å². The topological polar surface area (TPSA) is 98.5 Å². The van der Waals surface area contributed by atoms with Crippen LogP contribution in [0.3, 0.4) is 0 Å². The lowest BCUT2D eigenvalue weighted by Gasteiger charge is -2.23. The van der Waals surface area contributed by atoms with Crippen LogP contribution in [0, 0.1) is 16.0 Å². The number of aryl methyl sites for hydroxylation is 1. The molecule has 144 valence electrons. The van der Waals surface area contributed by atoms with Gasteiger partial charge in [-0.15, -0.1) is 0 Å². The highest BCUT2D eigenvalue weighted by Crippen LogP contribution is 2.25. The Morgan fingerprint density at radius 3 is 2.37 bits per heavy atom. The van der Waals surface area contributed by atoms with Crippen molar-refractivity contribution >= 4 is 28.2 Å². The zero-order valence-electron chi connectivity index (χ0n) is 15.4. The monoisotopic (exact) mass is 390 g/mol. The molecule has 2 aromatic rings. The van der Waals surface area contributed by atoms with Crippen molar-refractivity contribution in [2.45, 2.75) is 33.2 Å². The Balaban J connectivity index is 1.94. The number of carbonyl (C=O) groups is 2. The van der Waals surface area contributed by atoms with Crippen molar-refractivity contribution in [3.63, 3.8) is 0 Å². The van der Waals surface area contributed by atoms with Gasteiger partial charge in [-0.1, -0.05) is 56.4 Å². The number of esters is 1. The van der Waals surface area contributed by atoms with Crippen molar-refractivity contribution in [2.75, 3.05) is 6.61 Å². The summed E-state index contributed by atoms with van der Waals surface area (Å²) in [7, 11) is 0. The third-order valence-electron chi connectivity index (χ3n) is 4.04. The first kappa shape index (κ1) is 20.6. The van der Waals surface area contributed by atoms with E-state index < -0.39 is 23.4 Å². The van der Waals surface area contributed by atoms with E-state index in [1.165, 1.54) is 17.7 Å². The summed E-state index contributed by atoms with van der Waals surface area (Å²) in [6, 6.07) is 10.4. The van der Waals surface area contributed by atoms with Crippen LogP contribution in [0.1, 0.15) is 47.6 Å². The molecule has 0 radical (unpaired) electrons. The Hall–Kier alpha value is -2.74. The number of thiophene rings is 1. The lowest BCUT2D eigenvalue weighted by molar-refractivity contribution is -0.380. The first-order valence-electron chi connectivity index (χ1n) is 8.61. The fourth-order valence-corrected chi connectivity index (χ4v) is 3.26. The predicted molar refractivity (Wildman–Crippen MR) is 103 cm³/mol. The molecule has 0 spiro atoms. The van der Waals surface area contributed by atoms with Crippen LogP contribution in [0.15, 0.2) is 36.4 Å². The molecule has 0 bridgehead atoms. The van der Waals surface area contributed by atoms with Crippen LogP contribution >= 0.6 is 11.3 Å². The number of nitrogens with one attached hydrogen (secondary N) is 1. The number of amides is 1. The van der Waals surface area contributed by atoms with E-state index in [1.54, 1.807) is 0 Å². The van der Waals surface area contributed by atoms with Gasteiger partial charge in [-0.3, -0.25) is 14.9 Å². The van der Waals surface area contributed by atoms with Crippen LogP contribution in [0.25, 0.3) is 0 Å². The van der Waals surface area contributed by atoms with Gasteiger partial charge < -0.3 is 10.1 Å². The van der Waals surface area contributed by atoms with Gasteiger partial charge in [-0.25, -0.2) is 4.79 Å². The lowest BCUT2D eigenvalue weighted by Crippen LogP contribution is -2.34. The number of carbonyl (C=O) groups excluding carboxylic acids is 2. The van der Waals surface area contributed by atoms with Gasteiger partial charge in [0.05, 0.1) is 11.0 Å². The fraction of sp³-hybridized carbons (Fsp3) is 0.368. The van der Waals surface area contributed by atoms with Crippen molar-refractivity contribution in [3.05, 3.63) is 62.5 Å². The van der Waals surface area contributed by atoms with Crippen molar-refractivity contribution in [1.82, 2.24) is 5.32 Å². The highest BCUT2D eigenvalue weighted by atomic mass is 32.1. The normalized spacial score (nSPS) is 11.9. The molecule has 1 atom stereocenters. The summed E-state index contributed by atoms with van der Waals surface area (Å²) in [4.78, 5) is 34.3. The van der Waals surface area contributed by atoms with E-state index in [9.17, 15) is 19.7 Å². The van der Waals surface area contributed by atoms with Crippen molar-refractivity contribution in [2.24, 2.45) is 5.92 Å². The largest absolute Gasteiger partial charge is 0.451 e. The Labute approximate surface area is 161 Å². The minimum atomic E-state index is -0.753. The smallest absolute Gasteiger partial charge is 0.349 e. The SMILES string of the molecule is CCc1ccc([C@H](NC(=O)COC(=O)c2ccc([N+](=O)[O-])s2)C(C)C)cc1. The molecule has 27 heavy (non-hydrogen) atoms. The molecule has 1 heterocycles. The number of benzene rings is 1. The molecule has 7 nitrogen and oxygen atoms in total. The Morgan fingerprint density at radius 2 is 1.85 bits per heavy atom. The third kappa shape index (κ3) is 5.62. The van der Waals surface area contributed by atoms with Gasteiger partial charge in [0.25, 0.3) is 5.91 Å². The molecule has 0 aliphatic heterocycles. The van der Waals surface area contributed by atoms with Crippen LogP contribution in [-0.4, -0.2) is 23.4 Å². The number of hydrogen-bond donors (Lipinski definition) is 1. The molecule has 0 saturated heterocycles. The summed E-state index contributed by atoms with van der Waals surface area (Å²) in [5, 5.41) is 13.4. The van der Waals surface area contributed by atoms with Crippen molar-refractivity contribution in [3.8, 4) is 0 Å². The first-order valence-corrected chi connectivity index (χ1v) is 9.43. The van der Waals surface area contributed by atoms with E-state index >= 15 is 0 Å². The summed E-state index contributed by atoms with van der Waals surface area (Å²) in [5.41, 5.74) is 2.20. The quantitative estimate of drug-likeness (QED) is 0.419. The zero-order valence-corrected chi connectivity index (χ0v) is 16.2. The van der Waals surface area contributed by atoms with Crippen LogP contribution in [0.4, 0.5) is 5.00 Å². The Morgan fingerprint density at radius 1 is 1.19 bits per heavy atom. The number of rotatable bonds is 8. The highest BCUT2D eigenvalue weighted by molar-refractivity contribution is 7.17. The Bertz CT molecular complexity index is 814. The van der Waals surface area contributed by atoms with Gasteiger partial charge in [0.1, 0.15) is 4.88 Å². The molecular formula is C19H22N2O5S. The van der Waals surface area contributed by atoms with Gasteiger partial charge >= 0.3 is 11.0 Å². The maximum Gasteiger partial charge on any atom is 0.349 e. The van der Waals surface area contributed by atoms with Gasteiger partial charge in [0.15, 0.2) is 6.61 Å². The lowest BCUT2D eigenvalue weighted by atomic mass is 9.95. The van der Waals surface area contributed by atoms with E-state index in [0.717, 1.165) is 12.0 Å². The average molecular weight is 390 g/mol. The minimum Gasteiger partial charge on any atom is -0.451 e. The molecular weight excluding hydrogens is 368 g/mol. The number of nitro groups is 1. The molecule has 0 fully saturated rings. The standard InChI is InChI=1S/C19H22N2O5S/c1-4-13-5-7-14(8-6-13)18(12(2)3)20-16(22)11-26-19(23)15-9-10-17(27-15)21(24)25/h5-10,12,18H,4,11H2,1-3H3,(H,20,22)/t18-/m1/s1. The summed E-state index contributed by atoms with van der Waals surface area (Å²) in [5.74, 6) is -1.03. The summed E-state index contributed by atoms with van der Waals surface area (Å²) >= 11 is 0.715. The zero-order chi connectivity index (χ0) is 20.0. The van der Waals surface area contributed by atoms with E-state index in [0.29, 0.717) is 11.3 Å². The molecule has 0 aliphatic rings. The van der Waals surface area contributed by atoms with Crippen LogP contribution in [0.2, 0.25) is 0 Å². The maximum absolute atomic E-state index is 12.2. The maximum atomic E-state index is 12.2. The first-order chi connectivity index (χ1) is 12.8. The van der Waals surface area contributed by atoms with Gasteiger partial charge in [-0.2, -0.15) is 0 Å². The third-order valence-corrected chi connectivity index (χ3v) is 5.05. The Kier molecular flexibility index (Phi) is 7.06. The van der Waals surface area contributed by atoms with Crippen LogP contribution < -0.4 is 5.32 Å². The van der Waals surface area contributed by atoms with E-state index in [4.69, 9.17) is 4.74 Å². The highest BCUT2D eigenvalue weighted by Gasteiger charge is 2.21. The molecule has 0 saturated carbocycles. The fourth-order valence-electron chi connectivity index (χ4n) is 2.55. The molecule has 1 amide bonds. The molecule has 1 aromatic carbocycles. The second kappa shape index (κ2) is 9.27. The average Bonchev–Trinajstić information content (AvgIpc) is 3.14. The summed E-state index contributed by atoms with van der Waals surface area (Å²) < 4.78 is 4.97. The van der Waals surface area contributed by atoms with Crippen molar-refractivity contribution in [1.29, 1.82) is 0 Å². The second-order valence-electron chi connectivity index (χ2n) is 6.36. The van der Waals surface area contributed by atoms with Gasteiger partial charge in [0.2, 0.25) is 0 Å². The summed E-state index contributed by atoms with van der Waals surface area (Å²) in [6.07, 6.45) is 0.940. The molecule has 8 heteroatoms. The van der Waals surface area contributed by atoms with E-state index in [2.05, 4.69) is 12.2 Å². The minimum absolute atomic E-state index is 0.0880. The van der Waals surface area contributed by atoms with Crippen molar-refractivity contribution < 1.29 is 19.2 Å². The molecule has 1 aromatic heterocycles.